The van der Waals surface area contributed by atoms with Crippen molar-refractivity contribution in [3.8, 4) is 5.75 Å². The molecule has 31 heavy (non-hydrogen) atoms. The Hall–Kier alpha value is -2.17. The van der Waals surface area contributed by atoms with Gasteiger partial charge in [0.15, 0.2) is 5.60 Å². The summed E-state index contributed by atoms with van der Waals surface area (Å²) >= 11 is 2.23. The first-order chi connectivity index (χ1) is 14.9. The lowest BCUT2D eigenvalue weighted by Gasteiger charge is -2.35. The van der Waals surface area contributed by atoms with Gasteiger partial charge in [0, 0.05) is 24.6 Å². The Kier molecular flexibility index (Phi) is 7.90. The molecule has 3 atom stereocenters. The quantitative estimate of drug-likeness (QED) is 0.385. The molecule has 0 aliphatic carbocycles. The molecular formula is C23H26INO6. The van der Waals surface area contributed by atoms with Gasteiger partial charge in [0.05, 0.1) is 12.6 Å². The highest BCUT2D eigenvalue weighted by Gasteiger charge is 2.50. The summed E-state index contributed by atoms with van der Waals surface area (Å²) in [7, 11) is 2.94. The topological polar surface area (TPSA) is 85.3 Å². The van der Waals surface area contributed by atoms with E-state index in [1.54, 1.807) is 24.3 Å². The van der Waals surface area contributed by atoms with E-state index in [-0.39, 0.29) is 29.3 Å². The molecule has 1 aliphatic heterocycles. The summed E-state index contributed by atoms with van der Waals surface area (Å²) < 4.78 is 16.2. The van der Waals surface area contributed by atoms with Gasteiger partial charge in [0.25, 0.3) is 5.91 Å². The van der Waals surface area contributed by atoms with Crippen molar-refractivity contribution in [3.63, 3.8) is 0 Å². The average molecular weight is 539 g/mol. The number of rotatable bonds is 9. The van der Waals surface area contributed by atoms with E-state index in [1.165, 1.54) is 19.1 Å². The fourth-order valence-electron chi connectivity index (χ4n) is 3.73. The normalized spacial score (nSPS) is 19.0. The van der Waals surface area contributed by atoms with E-state index in [0.29, 0.717) is 6.42 Å². The molecule has 2 amide bonds. The molecule has 2 aromatic rings. The maximum Gasteiger partial charge on any atom is 0.417 e. The largest absolute Gasteiger partial charge is 0.508 e. The predicted molar refractivity (Wildman–Crippen MR) is 123 cm³/mol. The van der Waals surface area contributed by atoms with Crippen LogP contribution in [0.15, 0.2) is 54.6 Å². The predicted octanol–water partition coefficient (Wildman–Crippen LogP) is 3.88. The fourth-order valence-corrected chi connectivity index (χ4v) is 4.85. The third-order valence-electron chi connectivity index (χ3n) is 5.42. The van der Waals surface area contributed by atoms with Gasteiger partial charge in [0.2, 0.25) is 0 Å². The van der Waals surface area contributed by atoms with Crippen molar-refractivity contribution in [1.82, 2.24) is 4.90 Å². The van der Waals surface area contributed by atoms with Crippen LogP contribution >= 0.6 is 22.6 Å². The summed E-state index contributed by atoms with van der Waals surface area (Å²) in [5.41, 5.74) is 0.569. The molecule has 0 radical (unpaired) electrons. The van der Waals surface area contributed by atoms with E-state index >= 15 is 0 Å². The van der Waals surface area contributed by atoms with Crippen LogP contribution in [0.4, 0.5) is 4.79 Å². The molecule has 0 spiro atoms. The minimum Gasteiger partial charge on any atom is -0.508 e. The first-order valence-corrected chi connectivity index (χ1v) is 11.2. The summed E-state index contributed by atoms with van der Waals surface area (Å²) in [4.78, 5) is 27.4. The Balaban J connectivity index is 1.86. The van der Waals surface area contributed by atoms with Crippen LogP contribution in [0, 0.1) is 0 Å². The van der Waals surface area contributed by atoms with Crippen molar-refractivity contribution in [1.29, 1.82) is 0 Å². The number of alkyl halides is 1. The van der Waals surface area contributed by atoms with E-state index in [0.717, 1.165) is 11.1 Å². The van der Waals surface area contributed by atoms with Gasteiger partial charge in [-0.1, -0.05) is 65.1 Å². The van der Waals surface area contributed by atoms with Crippen LogP contribution in [0.1, 0.15) is 21.5 Å². The molecule has 7 nitrogen and oxygen atoms in total. The highest BCUT2D eigenvalue weighted by atomic mass is 127. The molecule has 8 heteroatoms. The van der Waals surface area contributed by atoms with Gasteiger partial charge in [-0.05, 0) is 29.7 Å². The highest BCUT2D eigenvalue weighted by molar-refractivity contribution is 14.1. The van der Waals surface area contributed by atoms with E-state index in [2.05, 4.69) is 22.6 Å². The van der Waals surface area contributed by atoms with Crippen molar-refractivity contribution in [2.75, 3.05) is 27.4 Å². The van der Waals surface area contributed by atoms with E-state index in [4.69, 9.17) is 14.2 Å². The molecule has 3 rings (SSSR count). The number of aromatic hydroxyl groups is 1. The molecule has 1 saturated heterocycles. The number of imide groups is 1. The number of carbonyl (C=O) groups excluding carboxylic acids is 2. The molecule has 1 fully saturated rings. The van der Waals surface area contributed by atoms with Crippen molar-refractivity contribution < 1.29 is 28.9 Å². The molecule has 166 valence electrons. The first-order valence-electron chi connectivity index (χ1n) is 9.91. The first kappa shape index (κ1) is 23.5. The second-order valence-corrected chi connectivity index (χ2v) is 8.99. The van der Waals surface area contributed by atoms with Crippen molar-refractivity contribution >= 4 is 34.6 Å². The number of hydrogen-bond donors (Lipinski definition) is 1. The Morgan fingerprint density at radius 1 is 1.23 bits per heavy atom. The zero-order valence-corrected chi connectivity index (χ0v) is 19.7. The van der Waals surface area contributed by atoms with Crippen LogP contribution in [-0.2, 0) is 25.4 Å². The summed E-state index contributed by atoms with van der Waals surface area (Å²) in [6, 6.07) is 16.0. The highest BCUT2D eigenvalue weighted by Crippen LogP contribution is 2.37. The molecule has 0 bridgehead atoms. The number of carbonyl (C=O) groups is 2. The number of cyclic esters (lactones) is 1. The Morgan fingerprint density at radius 3 is 2.52 bits per heavy atom. The summed E-state index contributed by atoms with van der Waals surface area (Å²) in [6.45, 7) is 0.125. The number of benzene rings is 2. The minimum atomic E-state index is -1.36. The SMILES string of the molecule is COCC(CC(I)c1ccc(O)cc1)(OC)C(=O)N1C(=O)OC[C@@H]1Cc1ccccc1. The van der Waals surface area contributed by atoms with Gasteiger partial charge < -0.3 is 19.3 Å². The molecule has 1 aliphatic rings. The summed E-state index contributed by atoms with van der Waals surface area (Å²) in [5.74, 6) is -0.303. The molecule has 2 aromatic carbocycles. The van der Waals surface area contributed by atoms with Crippen molar-refractivity contribution in [2.24, 2.45) is 0 Å². The number of halogens is 1. The lowest BCUT2D eigenvalue weighted by Crippen LogP contribution is -2.56. The van der Waals surface area contributed by atoms with Crippen LogP contribution in [0.5, 0.6) is 5.75 Å². The lowest BCUT2D eigenvalue weighted by molar-refractivity contribution is -0.160. The molecular weight excluding hydrogens is 513 g/mol. The van der Waals surface area contributed by atoms with E-state index in [1.807, 2.05) is 30.3 Å². The Labute approximate surface area is 195 Å². The van der Waals surface area contributed by atoms with E-state index in [9.17, 15) is 14.7 Å². The average Bonchev–Trinajstić information content (AvgIpc) is 3.13. The second-order valence-electron chi connectivity index (χ2n) is 7.49. The van der Waals surface area contributed by atoms with Crippen molar-refractivity contribution in [2.45, 2.75) is 28.4 Å². The lowest BCUT2D eigenvalue weighted by atomic mass is 9.92. The monoisotopic (exact) mass is 539 g/mol. The van der Waals surface area contributed by atoms with Crippen LogP contribution < -0.4 is 0 Å². The molecule has 1 heterocycles. The maximum atomic E-state index is 13.7. The Bertz CT molecular complexity index is 891. The number of phenols is 1. The number of ether oxygens (including phenoxy) is 3. The van der Waals surface area contributed by atoms with E-state index < -0.39 is 23.6 Å². The van der Waals surface area contributed by atoms with Gasteiger partial charge >= 0.3 is 6.09 Å². The van der Waals surface area contributed by atoms with Crippen LogP contribution in [0.3, 0.4) is 0 Å². The molecule has 0 aromatic heterocycles. The molecule has 2 unspecified atom stereocenters. The zero-order chi connectivity index (χ0) is 22.4. The third kappa shape index (κ3) is 5.36. The Morgan fingerprint density at radius 2 is 1.90 bits per heavy atom. The van der Waals surface area contributed by atoms with Gasteiger partial charge in [-0.3, -0.25) is 4.79 Å². The molecule has 0 saturated carbocycles. The maximum absolute atomic E-state index is 13.7. The number of amides is 2. The van der Waals surface area contributed by atoms with Crippen LogP contribution in [0.25, 0.3) is 0 Å². The third-order valence-corrected chi connectivity index (χ3v) is 6.58. The number of phenolic OH excluding ortho intramolecular Hbond substituents is 1. The number of methoxy groups -OCH3 is 2. The van der Waals surface area contributed by atoms with Gasteiger partial charge in [0.1, 0.15) is 12.4 Å². The van der Waals surface area contributed by atoms with Gasteiger partial charge in [-0.2, -0.15) is 0 Å². The van der Waals surface area contributed by atoms with Crippen molar-refractivity contribution in [3.05, 3.63) is 65.7 Å². The molecule has 1 N–H and O–H groups in total. The standard InChI is InChI=1S/C23H26INO6/c1-29-15-23(30-2,13-20(24)17-8-10-19(26)11-9-17)21(27)25-18(14-31-22(25)28)12-16-6-4-3-5-7-16/h3-11,18,20,26H,12-15H2,1-2H3/t18-,20?,23?/m0/s1. The van der Waals surface area contributed by atoms with Gasteiger partial charge in [-0.25, -0.2) is 9.69 Å². The second kappa shape index (κ2) is 10.4. The summed E-state index contributed by atoms with van der Waals surface area (Å²) in [5, 5.41) is 9.55. The van der Waals surface area contributed by atoms with Gasteiger partial charge in [-0.15, -0.1) is 0 Å². The zero-order valence-electron chi connectivity index (χ0n) is 17.5. The minimum absolute atomic E-state index is 0.0121. The van der Waals surface area contributed by atoms with Crippen LogP contribution in [-0.4, -0.2) is 61.1 Å². The smallest absolute Gasteiger partial charge is 0.417 e. The van der Waals surface area contributed by atoms with Crippen LogP contribution in [0.2, 0.25) is 0 Å². The summed E-state index contributed by atoms with van der Waals surface area (Å²) in [6.07, 6.45) is 0.109. The number of hydrogen-bond acceptors (Lipinski definition) is 6. The number of nitrogens with zero attached hydrogens (tertiary/aromatic N) is 1. The fraction of sp³-hybridized carbons (Fsp3) is 0.391.